The first-order valence-electron chi connectivity index (χ1n) is 9.14. The fourth-order valence-corrected chi connectivity index (χ4v) is 3.97. The zero-order valence-corrected chi connectivity index (χ0v) is 16.5. The molecule has 1 fully saturated rings. The Kier molecular flexibility index (Phi) is 6.52. The number of carbonyl (C=O) groups excluding carboxylic acids is 2. The lowest BCUT2D eigenvalue weighted by Gasteiger charge is -2.31. The smallest absolute Gasteiger partial charge is 0.240 e. The lowest BCUT2D eigenvalue weighted by molar-refractivity contribution is -0.128. The second kappa shape index (κ2) is 9.05. The Morgan fingerprint density at radius 2 is 2.07 bits per heavy atom. The van der Waals surface area contributed by atoms with Crippen molar-refractivity contribution in [3.05, 3.63) is 40.7 Å². The van der Waals surface area contributed by atoms with E-state index in [1.54, 1.807) is 12.4 Å². The summed E-state index contributed by atoms with van der Waals surface area (Å²) in [6.07, 6.45) is 5.20. The number of piperidine rings is 1. The highest BCUT2D eigenvalue weighted by Crippen LogP contribution is 2.21. The highest BCUT2D eigenvalue weighted by molar-refractivity contribution is 7.15. The molecule has 1 aliphatic heterocycles. The number of thiazole rings is 1. The van der Waals surface area contributed by atoms with Gasteiger partial charge in [0, 0.05) is 30.4 Å². The summed E-state index contributed by atoms with van der Waals surface area (Å²) < 4.78 is 0. The molecule has 27 heavy (non-hydrogen) atoms. The maximum Gasteiger partial charge on any atom is 0.240 e. The molecule has 0 bridgehead atoms. The SMILES string of the molecule is Cc1nc(NC(=O)CN2CCCC(C(=O)NCc3ccncc3)C2)sc1C. The number of nitrogens with one attached hydrogen (secondary N) is 2. The standard InChI is InChI=1S/C19H25N5O2S/c1-13-14(2)27-19(22-13)23-17(25)12-24-9-3-4-16(11-24)18(26)21-10-15-5-7-20-8-6-15/h5-8,16H,3-4,9-12H2,1-2H3,(H,21,26)(H,22,23,25). The number of aromatic nitrogens is 2. The van der Waals surface area contributed by atoms with Crippen molar-refractivity contribution in [1.29, 1.82) is 0 Å². The third-order valence-electron chi connectivity index (χ3n) is 4.73. The first-order valence-corrected chi connectivity index (χ1v) is 9.96. The topological polar surface area (TPSA) is 87.2 Å². The number of rotatable bonds is 6. The highest BCUT2D eigenvalue weighted by atomic mass is 32.1. The molecule has 1 saturated heterocycles. The fraction of sp³-hybridized carbons (Fsp3) is 0.474. The molecule has 1 atom stereocenters. The summed E-state index contributed by atoms with van der Waals surface area (Å²) in [5.74, 6) is -0.123. The Morgan fingerprint density at radius 3 is 2.78 bits per heavy atom. The van der Waals surface area contributed by atoms with Gasteiger partial charge in [-0.3, -0.25) is 19.5 Å². The molecule has 1 aliphatic rings. The molecule has 144 valence electrons. The van der Waals surface area contributed by atoms with Gasteiger partial charge in [-0.25, -0.2) is 4.98 Å². The Labute approximate surface area is 163 Å². The van der Waals surface area contributed by atoms with Gasteiger partial charge in [0.05, 0.1) is 18.2 Å². The second-order valence-corrected chi connectivity index (χ2v) is 8.06. The van der Waals surface area contributed by atoms with Crippen LogP contribution in [0.1, 0.15) is 29.0 Å². The Hall–Kier alpha value is -2.32. The summed E-state index contributed by atoms with van der Waals surface area (Å²) in [5.41, 5.74) is 1.97. The van der Waals surface area contributed by atoms with Crippen molar-refractivity contribution >= 4 is 28.3 Å². The van der Waals surface area contributed by atoms with Gasteiger partial charge in [0.2, 0.25) is 11.8 Å². The van der Waals surface area contributed by atoms with Crippen LogP contribution < -0.4 is 10.6 Å². The Bertz CT molecular complexity index is 773. The largest absolute Gasteiger partial charge is 0.352 e. The minimum Gasteiger partial charge on any atom is -0.352 e. The number of amides is 2. The second-order valence-electron chi connectivity index (χ2n) is 6.86. The molecule has 3 heterocycles. The molecule has 0 aromatic carbocycles. The van der Waals surface area contributed by atoms with E-state index >= 15 is 0 Å². The highest BCUT2D eigenvalue weighted by Gasteiger charge is 2.26. The van der Waals surface area contributed by atoms with E-state index in [4.69, 9.17) is 0 Å². The van der Waals surface area contributed by atoms with Crippen molar-refractivity contribution in [3.8, 4) is 0 Å². The van der Waals surface area contributed by atoms with E-state index in [9.17, 15) is 9.59 Å². The van der Waals surface area contributed by atoms with Gasteiger partial charge in [-0.1, -0.05) is 0 Å². The van der Waals surface area contributed by atoms with Crippen LogP contribution >= 0.6 is 11.3 Å². The zero-order chi connectivity index (χ0) is 19.2. The van der Waals surface area contributed by atoms with Crippen molar-refractivity contribution in [1.82, 2.24) is 20.2 Å². The fourth-order valence-electron chi connectivity index (χ4n) is 3.14. The van der Waals surface area contributed by atoms with E-state index in [0.717, 1.165) is 35.5 Å². The van der Waals surface area contributed by atoms with Gasteiger partial charge in [-0.05, 0) is 50.9 Å². The monoisotopic (exact) mass is 387 g/mol. The van der Waals surface area contributed by atoms with E-state index < -0.39 is 0 Å². The molecule has 2 N–H and O–H groups in total. The van der Waals surface area contributed by atoms with E-state index in [-0.39, 0.29) is 24.3 Å². The van der Waals surface area contributed by atoms with Crippen LogP contribution in [0.25, 0.3) is 0 Å². The number of aryl methyl sites for hydroxylation is 2. The maximum atomic E-state index is 12.5. The van der Waals surface area contributed by atoms with Crippen LogP contribution in [0.3, 0.4) is 0 Å². The minimum absolute atomic E-state index is 0.0445. The summed E-state index contributed by atoms with van der Waals surface area (Å²) in [6, 6.07) is 3.78. The van der Waals surface area contributed by atoms with E-state index in [1.165, 1.54) is 11.3 Å². The summed E-state index contributed by atoms with van der Waals surface area (Å²) in [7, 11) is 0. The summed E-state index contributed by atoms with van der Waals surface area (Å²) >= 11 is 1.48. The number of anilines is 1. The number of pyridine rings is 1. The normalized spacial score (nSPS) is 17.5. The summed E-state index contributed by atoms with van der Waals surface area (Å²) in [6.45, 7) is 6.14. The molecular formula is C19H25N5O2S. The molecule has 0 radical (unpaired) electrons. The maximum absolute atomic E-state index is 12.5. The lowest BCUT2D eigenvalue weighted by atomic mass is 9.97. The summed E-state index contributed by atoms with van der Waals surface area (Å²) in [5, 5.41) is 6.49. The summed E-state index contributed by atoms with van der Waals surface area (Å²) in [4.78, 5) is 36.2. The quantitative estimate of drug-likeness (QED) is 0.793. The number of hydrogen-bond donors (Lipinski definition) is 2. The molecule has 2 amide bonds. The predicted molar refractivity (Wildman–Crippen MR) is 105 cm³/mol. The van der Waals surface area contributed by atoms with Crippen LogP contribution in [-0.4, -0.2) is 46.3 Å². The van der Waals surface area contributed by atoms with Gasteiger partial charge < -0.3 is 10.6 Å². The molecule has 8 heteroatoms. The molecule has 3 rings (SSSR count). The van der Waals surface area contributed by atoms with Gasteiger partial charge in [0.25, 0.3) is 0 Å². The van der Waals surface area contributed by atoms with Gasteiger partial charge in [-0.15, -0.1) is 11.3 Å². The molecule has 1 unspecified atom stereocenters. The van der Waals surface area contributed by atoms with Crippen LogP contribution in [0.15, 0.2) is 24.5 Å². The van der Waals surface area contributed by atoms with Crippen molar-refractivity contribution in [2.45, 2.75) is 33.2 Å². The Morgan fingerprint density at radius 1 is 1.30 bits per heavy atom. The van der Waals surface area contributed by atoms with Crippen molar-refractivity contribution < 1.29 is 9.59 Å². The van der Waals surface area contributed by atoms with Crippen LogP contribution in [-0.2, 0) is 16.1 Å². The van der Waals surface area contributed by atoms with Crippen LogP contribution in [0.5, 0.6) is 0 Å². The lowest BCUT2D eigenvalue weighted by Crippen LogP contribution is -2.45. The van der Waals surface area contributed by atoms with E-state index in [1.807, 2.05) is 30.9 Å². The van der Waals surface area contributed by atoms with Gasteiger partial charge in [0.15, 0.2) is 5.13 Å². The average Bonchev–Trinajstić information content (AvgIpc) is 2.97. The van der Waals surface area contributed by atoms with E-state index in [2.05, 4.69) is 20.6 Å². The van der Waals surface area contributed by atoms with Crippen LogP contribution in [0.4, 0.5) is 5.13 Å². The molecular weight excluding hydrogens is 362 g/mol. The number of nitrogens with zero attached hydrogens (tertiary/aromatic N) is 3. The minimum atomic E-state index is -0.0854. The van der Waals surface area contributed by atoms with E-state index in [0.29, 0.717) is 18.2 Å². The molecule has 2 aromatic heterocycles. The number of hydrogen-bond acceptors (Lipinski definition) is 6. The van der Waals surface area contributed by atoms with Crippen LogP contribution in [0.2, 0.25) is 0 Å². The average molecular weight is 388 g/mol. The Balaban J connectivity index is 1.46. The van der Waals surface area contributed by atoms with Gasteiger partial charge >= 0.3 is 0 Å². The third-order valence-corrected chi connectivity index (χ3v) is 5.72. The number of likely N-dealkylation sites (tertiary alicyclic amines) is 1. The molecule has 0 spiro atoms. The number of carbonyl (C=O) groups is 2. The van der Waals surface area contributed by atoms with Crippen molar-refractivity contribution in [3.63, 3.8) is 0 Å². The third kappa shape index (κ3) is 5.58. The van der Waals surface area contributed by atoms with Gasteiger partial charge in [0.1, 0.15) is 0 Å². The molecule has 0 aliphatic carbocycles. The van der Waals surface area contributed by atoms with Crippen molar-refractivity contribution in [2.75, 3.05) is 25.0 Å². The van der Waals surface area contributed by atoms with Crippen LogP contribution in [0, 0.1) is 19.8 Å². The van der Waals surface area contributed by atoms with Gasteiger partial charge in [-0.2, -0.15) is 0 Å². The molecule has 2 aromatic rings. The molecule has 0 saturated carbocycles. The molecule has 7 nitrogen and oxygen atoms in total. The zero-order valence-electron chi connectivity index (χ0n) is 15.7. The first kappa shape index (κ1) is 19.4. The predicted octanol–water partition coefficient (Wildman–Crippen LogP) is 2.12. The first-order chi connectivity index (χ1) is 13.0. The van der Waals surface area contributed by atoms with Crippen molar-refractivity contribution in [2.24, 2.45) is 5.92 Å².